The fourth-order valence-electron chi connectivity index (χ4n) is 4.54. The van der Waals surface area contributed by atoms with Crippen LogP contribution in [0.5, 0.6) is 17.2 Å². The molecule has 0 bridgehead atoms. The van der Waals surface area contributed by atoms with Gasteiger partial charge in [-0.05, 0) is 35.3 Å². The van der Waals surface area contributed by atoms with Crippen molar-refractivity contribution in [2.75, 3.05) is 27.3 Å². The third-order valence-electron chi connectivity index (χ3n) is 6.61. The zero-order valence-electron chi connectivity index (χ0n) is 19.7. The highest BCUT2D eigenvalue weighted by molar-refractivity contribution is 6.01. The van der Waals surface area contributed by atoms with Crippen LogP contribution in [0.1, 0.15) is 60.5 Å². The molecule has 2 aromatic carbocycles. The van der Waals surface area contributed by atoms with Gasteiger partial charge in [0.1, 0.15) is 5.60 Å². The third-order valence-corrected chi connectivity index (χ3v) is 6.61. The fraction of sp³-hybridized carbons (Fsp3) is 0.407. The van der Waals surface area contributed by atoms with Gasteiger partial charge in [-0.15, -0.1) is 0 Å². The minimum atomic E-state index is -0.628. The van der Waals surface area contributed by atoms with Crippen molar-refractivity contribution in [3.63, 3.8) is 0 Å². The van der Waals surface area contributed by atoms with Gasteiger partial charge in [0, 0.05) is 32.0 Å². The Balaban J connectivity index is 1.43. The fourth-order valence-corrected chi connectivity index (χ4v) is 4.54. The minimum absolute atomic E-state index is 0.0282. The molecule has 174 valence electrons. The summed E-state index contributed by atoms with van der Waals surface area (Å²) < 4.78 is 17.3. The van der Waals surface area contributed by atoms with E-state index in [0.29, 0.717) is 61.1 Å². The Morgan fingerprint density at radius 2 is 1.76 bits per heavy atom. The van der Waals surface area contributed by atoms with Crippen LogP contribution in [0.4, 0.5) is 0 Å². The monoisotopic (exact) mass is 449 g/mol. The lowest BCUT2D eigenvalue weighted by molar-refractivity contribution is -0.129. The zero-order chi connectivity index (χ0) is 23.6. The molecule has 6 nitrogen and oxygen atoms in total. The maximum absolute atomic E-state index is 12.9. The first-order valence-electron chi connectivity index (χ1n) is 11.4. The molecule has 0 aromatic heterocycles. The highest BCUT2D eigenvalue weighted by Gasteiger charge is 2.45. The molecule has 2 aliphatic rings. The van der Waals surface area contributed by atoms with E-state index in [2.05, 4.69) is 26.0 Å². The Bertz CT molecular complexity index is 1060. The largest absolute Gasteiger partial charge is 0.493 e. The first-order valence-corrected chi connectivity index (χ1v) is 11.4. The highest BCUT2D eigenvalue weighted by atomic mass is 16.5. The number of methoxy groups -OCH3 is 2. The SMILES string of the molecule is COc1ccc2c(c1OC)OC1(CCN(C(=O)/C=C/c3ccc(C(C)C)cc3)CC1)CC2=O. The van der Waals surface area contributed by atoms with Gasteiger partial charge in [0.05, 0.1) is 26.2 Å². The summed E-state index contributed by atoms with van der Waals surface area (Å²) in [6, 6.07) is 11.7. The number of nitrogens with zero attached hydrogens (tertiary/aromatic N) is 1. The first kappa shape index (κ1) is 22.9. The number of hydrogen-bond acceptors (Lipinski definition) is 5. The zero-order valence-corrected chi connectivity index (χ0v) is 19.7. The number of ketones is 1. The topological polar surface area (TPSA) is 65.1 Å². The molecule has 0 saturated carbocycles. The van der Waals surface area contributed by atoms with Gasteiger partial charge in [-0.3, -0.25) is 9.59 Å². The van der Waals surface area contributed by atoms with Crippen molar-refractivity contribution >= 4 is 17.8 Å². The number of rotatable bonds is 5. The van der Waals surface area contributed by atoms with Gasteiger partial charge in [0.15, 0.2) is 17.3 Å². The Morgan fingerprint density at radius 3 is 2.36 bits per heavy atom. The average Bonchev–Trinajstić information content (AvgIpc) is 2.82. The van der Waals surface area contributed by atoms with Crippen LogP contribution in [0.2, 0.25) is 0 Å². The maximum atomic E-state index is 12.9. The standard InChI is InChI=1S/C27H31NO5/c1-18(2)20-8-5-19(6-9-20)7-12-24(30)28-15-13-27(14-16-28)17-22(29)21-10-11-23(31-3)26(32-4)25(21)33-27/h5-12,18H,13-17H2,1-4H3/b12-7+. The third kappa shape index (κ3) is 4.61. The summed E-state index contributed by atoms with van der Waals surface area (Å²) in [5.41, 5.74) is 2.16. The van der Waals surface area contributed by atoms with Gasteiger partial charge in [0.2, 0.25) is 11.7 Å². The Kier molecular flexibility index (Phi) is 6.45. The van der Waals surface area contributed by atoms with Crippen molar-refractivity contribution in [2.24, 2.45) is 0 Å². The average molecular weight is 450 g/mol. The maximum Gasteiger partial charge on any atom is 0.246 e. The Hall–Kier alpha value is -3.28. The van der Waals surface area contributed by atoms with Gasteiger partial charge in [-0.1, -0.05) is 38.1 Å². The molecule has 1 saturated heterocycles. The normalized spacial score (nSPS) is 17.2. The molecule has 0 N–H and O–H groups in total. The van der Waals surface area contributed by atoms with E-state index in [1.807, 2.05) is 23.1 Å². The number of Topliss-reactive ketones (excluding diaryl/α,β-unsaturated/α-hetero) is 1. The van der Waals surface area contributed by atoms with Gasteiger partial charge < -0.3 is 19.1 Å². The van der Waals surface area contributed by atoms with E-state index in [-0.39, 0.29) is 11.7 Å². The number of carbonyl (C=O) groups is 2. The van der Waals surface area contributed by atoms with Crippen molar-refractivity contribution in [1.82, 2.24) is 4.90 Å². The molecule has 2 heterocycles. The summed E-state index contributed by atoms with van der Waals surface area (Å²) in [7, 11) is 3.10. The van der Waals surface area contributed by atoms with E-state index >= 15 is 0 Å². The van der Waals surface area contributed by atoms with Crippen LogP contribution in [-0.4, -0.2) is 49.5 Å². The number of benzene rings is 2. The van der Waals surface area contributed by atoms with E-state index in [4.69, 9.17) is 14.2 Å². The summed E-state index contributed by atoms with van der Waals surface area (Å²) in [5, 5.41) is 0. The van der Waals surface area contributed by atoms with Crippen LogP contribution in [0.3, 0.4) is 0 Å². The number of ether oxygens (including phenoxy) is 3. The number of carbonyl (C=O) groups excluding carboxylic acids is 2. The molecule has 1 spiro atoms. The second-order valence-corrected chi connectivity index (χ2v) is 9.04. The number of amides is 1. The second-order valence-electron chi connectivity index (χ2n) is 9.04. The smallest absolute Gasteiger partial charge is 0.246 e. The highest BCUT2D eigenvalue weighted by Crippen LogP contribution is 2.47. The molecule has 4 rings (SSSR count). The van der Waals surface area contributed by atoms with Gasteiger partial charge >= 0.3 is 0 Å². The van der Waals surface area contributed by atoms with Crippen LogP contribution < -0.4 is 14.2 Å². The Labute approximate surface area is 195 Å². The van der Waals surface area contributed by atoms with Crippen molar-refractivity contribution < 1.29 is 23.8 Å². The van der Waals surface area contributed by atoms with E-state index in [9.17, 15) is 9.59 Å². The molecule has 0 aliphatic carbocycles. The second kappa shape index (κ2) is 9.30. The van der Waals surface area contributed by atoms with Crippen molar-refractivity contribution in [3.05, 3.63) is 59.2 Å². The van der Waals surface area contributed by atoms with Crippen LogP contribution in [-0.2, 0) is 4.79 Å². The molecule has 1 amide bonds. The lowest BCUT2D eigenvalue weighted by Crippen LogP contribution is -2.52. The molecule has 0 radical (unpaired) electrons. The van der Waals surface area contributed by atoms with E-state index in [1.54, 1.807) is 25.3 Å². The lowest BCUT2D eigenvalue weighted by Gasteiger charge is -2.44. The number of likely N-dealkylation sites (tertiary alicyclic amines) is 1. The summed E-state index contributed by atoms with van der Waals surface area (Å²) in [4.78, 5) is 27.5. The lowest BCUT2D eigenvalue weighted by atomic mass is 9.82. The van der Waals surface area contributed by atoms with Gasteiger partial charge in [0.25, 0.3) is 0 Å². The Morgan fingerprint density at radius 1 is 1.06 bits per heavy atom. The molecule has 6 heteroatoms. The molecule has 2 aliphatic heterocycles. The van der Waals surface area contributed by atoms with E-state index < -0.39 is 5.60 Å². The molecule has 1 fully saturated rings. The van der Waals surface area contributed by atoms with Crippen LogP contribution >= 0.6 is 0 Å². The molecule has 2 aromatic rings. The summed E-state index contributed by atoms with van der Waals surface area (Å²) in [6.45, 7) is 5.38. The van der Waals surface area contributed by atoms with Crippen molar-refractivity contribution in [3.8, 4) is 17.2 Å². The predicted molar refractivity (Wildman–Crippen MR) is 127 cm³/mol. The van der Waals surface area contributed by atoms with Crippen LogP contribution in [0, 0.1) is 0 Å². The van der Waals surface area contributed by atoms with E-state index in [1.165, 1.54) is 12.7 Å². The molecular formula is C27H31NO5. The van der Waals surface area contributed by atoms with E-state index in [0.717, 1.165) is 5.56 Å². The summed E-state index contributed by atoms with van der Waals surface area (Å²) in [5.74, 6) is 1.89. The number of hydrogen-bond donors (Lipinski definition) is 0. The predicted octanol–water partition coefficient (Wildman–Crippen LogP) is 4.87. The van der Waals surface area contributed by atoms with Crippen LogP contribution in [0.15, 0.2) is 42.5 Å². The minimum Gasteiger partial charge on any atom is -0.493 e. The quantitative estimate of drug-likeness (QED) is 0.610. The van der Waals surface area contributed by atoms with Crippen molar-refractivity contribution in [1.29, 1.82) is 0 Å². The molecular weight excluding hydrogens is 418 g/mol. The number of fused-ring (bicyclic) bond motifs is 1. The first-order chi connectivity index (χ1) is 15.9. The van der Waals surface area contributed by atoms with Gasteiger partial charge in [-0.2, -0.15) is 0 Å². The molecule has 33 heavy (non-hydrogen) atoms. The molecule has 0 unspecified atom stereocenters. The van der Waals surface area contributed by atoms with Crippen LogP contribution in [0.25, 0.3) is 6.08 Å². The summed E-state index contributed by atoms with van der Waals surface area (Å²) in [6.07, 6.45) is 4.95. The summed E-state index contributed by atoms with van der Waals surface area (Å²) >= 11 is 0. The van der Waals surface area contributed by atoms with Gasteiger partial charge in [-0.25, -0.2) is 0 Å². The van der Waals surface area contributed by atoms with Crippen molar-refractivity contribution in [2.45, 2.75) is 44.6 Å². The number of piperidine rings is 1. The molecule has 0 atom stereocenters.